The lowest BCUT2D eigenvalue weighted by Gasteiger charge is -2.23. The average Bonchev–Trinajstić information content (AvgIpc) is 3.28. The Morgan fingerprint density at radius 3 is 2.68 bits per heavy atom. The number of ether oxygens (including phenoxy) is 2. The van der Waals surface area contributed by atoms with E-state index in [-0.39, 0.29) is 11.8 Å². The van der Waals surface area contributed by atoms with Crippen LogP contribution < -0.4 is 9.47 Å². The van der Waals surface area contributed by atoms with Gasteiger partial charge in [0.25, 0.3) is 0 Å². The van der Waals surface area contributed by atoms with Gasteiger partial charge >= 0.3 is 0 Å². The zero-order valence-electron chi connectivity index (χ0n) is 10.6. The summed E-state index contributed by atoms with van der Waals surface area (Å²) in [7, 11) is 0. The number of fused-ring (bicyclic) bond motifs is 1. The molecule has 0 N–H and O–H groups in total. The standard InChI is InChI=1S/C14H16ClNO3/c15-8-14(17)16(11-2-3-11)9-10-1-4-12-13(7-10)19-6-5-18-12/h1,4,7,11H,2-3,5-6,8-9H2. The van der Waals surface area contributed by atoms with Gasteiger partial charge in [0.2, 0.25) is 5.91 Å². The molecule has 1 aromatic carbocycles. The zero-order valence-corrected chi connectivity index (χ0v) is 11.4. The fourth-order valence-electron chi connectivity index (χ4n) is 2.27. The number of carbonyl (C=O) groups is 1. The van der Waals surface area contributed by atoms with E-state index in [4.69, 9.17) is 21.1 Å². The second-order valence-electron chi connectivity index (χ2n) is 4.86. The van der Waals surface area contributed by atoms with Crippen LogP contribution in [0.3, 0.4) is 0 Å². The van der Waals surface area contributed by atoms with E-state index in [1.54, 1.807) is 0 Å². The molecule has 0 bridgehead atoms. The molecule has 1 aliphatic heterocycles. The molecule has 0 saturated heterocycles. The molecule has 0 spiro atoms. The van der Waals surface area contributed by atoms with Crippen LogP contribution in [0.25, 0.3) is 0 Å². The first kappa shape index (κ1) is 12.6. The predicted molar refractivity (Wildman–Crippen MR) is 71.7 cm³/mol. The molecule has 0 atom stereocenters. The van der Waals surface area contributed by atoms with Crippen molar-refractivity contribution in [1.82, 2.24) is 4.90 Å². The highest BCUT2D eigenvalue weighted by Gasteiger charge is 2.32. The second kappa shape index (κ2) is 5.29. The Kier molecular flexibility index (Phi) is 3.51. The minimum absolute atomic E-state index is 0.000874. The number of alkyl halides is 1. The summed E-state index contributed by atoms with van der Waals surface area (Å²) in [6.07, 6.45) is 2.15. The van der Waals surface area contributed by atoms with Crippen molar-refractivity contribution in [1.29, 1.82) is 0 Å². The number of hydrogen-bond acceptors (Lipinski definition) is 3. The quantitative estimate of drug-likeness (QED) is 0.794. The fourth-order valence-corrected chi connectivity index (χ4v) is 2.42. The van der Waals surface area contributed by atoms with Gasteiger partial charge in [0, 0.05) is 12.6 Å². The van der Waals surface area contributed by atoms with Crippen molar-refractivity contribution in [2.75, 3.05) is 19.1 Å². The van der Waals surface area contributed by atoms with Crippen LogP contribution in [0, 0.1) is 0 Å². The van der Waals surface area contributed by atoms with Crippen molar-refractivity contribution < 1.29 is 14.3 Å². The van der Waals surface area contributed by atoms with Crippen LogP contribution in [0.2, 0.25) is 0 Å². The van der Waals surface area contributed by atoms with E-state index in [1.807, 2.05) is 23.1 Å². The summed E-state index contributed by atoms with van der Waals surface area (Å²) in [5, 5.41) is 0. The zero-order chi connectivity index (χ0) is 13.2. The van der Waals surface area contributed by atoms with Gasteiger partial charge in [-0.3, -0.25) is 4.79 Å². The van der Waals surface area contributed by atoms with Crippen molar-refractivity contribution in [3.05, 3.63) is 23.8 Å². The van der Waals surface area contributed by atoms with Gasteiger partial charge in [-0.15, -0.1) is 11.6 Å². The third kappa shape index (κ3) is 2.78. The highest BCUT2D eigenvalue weighted by Crippen LogP contribution is 2.33. The topological polar surface area (TPSA) is 38.8 Å². The van der Waals surface area contributed by atoms with Crippen LogP contribution in [0.5, 0.6) is 11.5 Å². The lowest BCUT2D eigenvalue weighted by atomic mass is 10.1. The highest BCUT2D eigenvalue weighted by atomic mass is 35.5. The number of nitrogens with zero attached hydrogens (tertiary/aromatic N) is 1. The largest absolute Gasteiger partial charge is 0.486 e. The van der Waals surface area contributed by atoms with Gasteiger partial charge in [0.05, 0.1) is 0 Å². The highest BCUT2D eigenvalue weighted by molar-refractivity contribution is 6.27. The Hall–Kier alpha value is -1.42. The summed E-state index contributed by atoms with van der Waals surface area (Å²) in [5.41, 5.74) is 1.05. The molecule has 1 aliphatic carbocycles. The molecule has 2 aliphatic rings. The third-order valence-corrected chi connectivity index (χ3v) is 3.61. The van der Waals surface area contributed by atoms with E-state index < -0.39 is 0 Å². The normalized spacial score (nSPS) is 17.1. The Morgan fingerprint density at radius 2 is 2.00 bits per heavy atom. The lowest BCUT2D eigenvalue weighted by Crippen LogP contribution is -2.33. The van der Waals surface area contributed by atoms with Gasteiger partial charge in [-0.1, -0.05) is 6.07 Å². The maximum Gasteiger partial charge on any atom is 0.238 e. The summed E-state index contributed by atoms with van der Waals surface area (Å²) in [4.78, 5) is 13.7. The average molecular weight is 282 g/mol. The van der Waals surface area contributed by atoms with Gasteiger partial charge in [-0.2, -0.15) is 0 Å². The van der Waals surface area contributed by atoms with E-state index in [0.717, 1.165) is 29.9 Å². The van der Waals surface area contributed by atoms with Crippen molar-refractivity contribution in [2.24, 2.45) is 0 Å². The molecule has 1 aromatic rings. The molecule has 1 saturated carbocycles. The summed E-state index contributed by atoms with van der Waals surface area (Å²) < 4.78 is 11.0. The molecular weight excluding hydrogens is 266 g/mol. The summed E-state index contributed by atoms with van der Waals surface area (Å²) >= 11 is 5.66. The summed E-state index contributed by atoms with van der Waals surface area (Å²) in [6.45, 7) is 1.75. The summed E-state index contributed by atoms with van der Waals surface area (Å²) in [6, 6.07) is 6.19. The molecule has 5 heteroatoms. The molecule has 4 nitrogen and oxygen atoms in total. The lowest BCUT2D eigenvalue weighted by molar-refractivity contribution is -0.129. The van der Waals surface area contributed by atoms with Crippen molar-refractivity contribution in [2.45, 2.75) is 25.4 Å². The molecule has 3 rings (SSSR count). The molecule has 102 valence electrons. The van der Waals surface area contributed by atoms with Crippen LogP contribution in [0.15, 0.2) is 18.2 Å². The van der Waals surface area contributed by atoms with E-state index >= 15 is 0 Å². The first-order chi connectivity index (χ1) is 9.28. The fraction of sp³-hybridized carbons (Fsp3) is 0.500. The van der Waals surface area contributed by atoms with Crippen molar-refractivity contribution in [3.63, 3.8) is 0 Å². The second-order valence-corrected chi connectivity index (χ2v) is 5.13. The van der Waals surface area contributed by atoms with Crippen LogP contribution in [0.1, 0.15) is 18.4 Å². The monoisotopic (exact) mass is 281 g/mol. The first-order valence-corrected chi connectivity index (χ1v) is 7.05. The smallest absolute Gasteiger partial charge is 0.238 e. The number of hydrogen-bond donors (Lipinski definition) is 0. The molecule has 1 heterocycles. The molecule has 0 aromatic heterocycles. The van der Waals surface area contributed by atoms with Gasteiger partial charge in [-0.25, -0.2) is 0 Å². The Balaban J connectivity index is 1.76. The predicted octanol–water partition coefficient (Wildman–Crippen LogP) is 2.19. The van der Waals surface area contributed by atoms with Crippen LogP contribution in [0.4, 0.5) is 0 Å². The third-order valence-electron chi connectivity index (χ3n) is 3.38. The molecule has 1 fully saturated rings. The number of rotatable bonds is 4. The Bertz CT molecular complexity index is 488. The van der Waals surface area contributed by atoms with E-state index in [2.05, 4.69) is 0 Å². The van der Waals surface area contributed by atoms with Crippen molar-refractivity contribution >= 4 is 17.5 Å². The first-order valence-electron chi connectivity index (χ1n) is 6.52. The number of benzene rings is 1. The van der Waals surface area contributed by atoms with Crippen molar-refractivity contribution in [3.8, 4) is 11.5 Å². The molecule has 0 unspecified atom stereocenters. The van der Waals surface area contributed by atoms with E-state index in [1.165, 1.54) is 0 Å². The van der Waals surface area contributed by atoms with Crippen LogP contribution >= 0.6 is 11.6 Å². The van der Waals surface area contributed by atoms with Gasteiger partial charge in [0.1, 0.15) is 19.1 Å². The van der Waals surface area contributed by atoms with Crippen LogP contribution in [-0.4, -0.2) is 35.9 Å². The minimum atomic E-state index is -0.000874. The minimum Gasteiger partial charge on any atom is -0.486 e. The molecular formula is C14H16ClNO3. The van der Waals surface area contributed by atoms with Crippen LogP contribution in [-0.2, 0) is 11.3 Å². The Morgan fingerprint density at radius 1 is 1.26 bits per heavy atom. The molecule has 0 radical (unpaired) electrons. The Labute approximate surface area is 117 Å². The summed E-state index contributed by atoms with van der Waals surface area (Å²) in [5.74, 6) is 1.58. The van der Waals surface area contributed by atoms with E-state index in [0.29, 0.717) is 25.8 Å². The maximum atomic E-state index is 11.8. The van der Waals surface area contributed by atoms with Gasteiger partial charge in [0.15, 0.2) is 11.5 Å². The molecule has 1 amide bonds. The van der Waals surface area contributed by atoms with E-state index in [9.17, 15) is 4.79 Å². The number of amides is 1. The SMILES string of the molecule is O=C(CCl)N(Cc1ccc2c(c1)OCCO2)C1CC1. The number of carbonyl (C=O) groups excluding carboxylic acids is 1. The number of halogens is 1. The molecule has 19 heavy (non-hydrogen) atoms. The van der Waals surface area contributed by atoms with Gasteiger partial charge < -0.3 is 14.4 Å². The maximum absolute atomic E-state index is 11.8. The van der Waals surface area contributed by atoms with Gasteiger partial charge in [-0.05, 0) is 30.5 Å².